The first kappa shape index (κ1) is 9.85. The normalized spacial score (nSPS) is 9.14. The van der Waals surface area contributed by atoms with Crippen LogP contribution in [-0.4, -0.2) is 15.9 Å². The van der Waals surface area contributed by atoms with E-state index in [9.17, 15) is 14.9 Å². The van der Waals surface area contributed by atoms with Crippen LogP contribution in [0.2, 0.25) is 0 Å². The highest BCUT2D eigenvalue weighted by Crippen LogP contribution is 2.15. The van der Waals surface area contributed by atoms with E-state index in [2.05, 4.69) is 16.3 Å². The van der Waals surface area contributed by atoms with Gasteiger partial charge in [-0.15, -0.1) is 0 Å². The largest absolute Gasteiger partial charge is 0.404 e. The Morgan fingerprint density at radius 1 is 1.71 bits per heavy atom. The van der Waals surface area contributed by atoms with Gasteiger partial charge in [0, 0.05) is 18.3 Å². The van der Waals surface area contributed by atoms with Crippen LogP contribution in [0.1, 0.15) is 0 Å². The van der Waals surface area contributed by atoms with Gasteiger partial charge >= 0.3 is 5.97 Å². The van der Waals surface area contributed by atoms with Crippen molar-refractivity contribution >= 4 is 11.7 Å². The van der Waals surface area contributed by atoms with Crippen molar-refractivity contribution in [1.29, 1.82) is 0 Å². The minimum Gasteiger partial charge on any atom is -0.404 e. The van der Waals surface area contributed by atoms with Gasteiger partial charge in [0.2, 0.25) is 5.88 Å². The molecule has 0 aliphatic heterocycles. The maximum Gasteiger partial charge on any atom is 0.336 e. The highest BCUT2D eigenvalue weighted by Gasteiger charge is 2.08. The molecule has 0 unspecified atom stereocenters. The van der Waals surface area contributed by atoms with E-state index in [1.807, 2.05) is 0 Å². The molecular formula is C8H6N2O4. The molecule has 1 aromatic heterocycles. The smallest absolute Gasteiger partial charge is 0.336 e. The third kappa shape index (κ3) is 2.37. The molecule has 0 aromatic carbocycles. The molecule has 0 amide bonds. The van der Waals surface area contributed by atoms with Crippen LogP contribution in [0.3, 0.4) is 0 Å². The molecule has 0 fully saturated rings. The molecule has 0 N–H and O–H groups in total. The van der Waals surface area contributed by atoms with E-state index in [0.717, 1.165) is 12.1 Å². The summed E-state index contributed by atoms with van der Waals surface area (Å²) in [7, 11) is 0. The lowest BCUT2D eigenvalue weighted by Crippen LogP contribution is -2.04. The maximum atomic E-state index is 10.7. The number of pyridine rings is 1. The van der Waals surface area contributed by atoms with Crippen molar-refractivity contribution in [2.24, 2.45) is 0 Å². The van der Waals surface area contributed by atoms with Crippen LogP contribution in [0, 0.1) is 10.1 Å². The van der Waals surface area contributed by atoms with Gasteiger partial charge in [-0.2, -0.15) is 0 Å². The monoisotopic (exact) mass is 194 g/mol. The third-order valence-electron chi connectivity index (χ3n) is 1.30. The Balaban J connectivity index is 2.88. The quantitative estimate of drug-likeness (QED) is 0.311. The van der Waals surface area contributed by atoms with Crippen molar-refractivity contribution in [3.63, 3.8) is 0 Å². The number of hydrogen-bond donors (Lipinski definition) is 0. The van der Waals surface area contributed by atoms with E-state index in [0.29, 0.717) is 0 Å². The Kier molecular flexibility index (Phi) is 2.90. The van der Waals surface area contributed by atoms with Crippen molar-refractivity contribution in [1.82, 2.24) is 4.98 Å². The van der Waals surface area contributed by atoms with E-state index in [4.69, 9.17) is 0 Å². The highest BCUT2D eigenvalue weighted by molar-refractivity contribution is 5.83. The van der Waals surface area contributed by atoms with E-state index >= 15 is 0 Å². The minimum atomic E-state index is -0.710. The Labute approximate surface area is 79.0 Å². The first-order chi connectivity index (χ1) is 6.63. The highest BCUT2D eigenvalue weighted by atomic mass is 16.6. The zero-order valence-corrected chi connectivity index (χ0v) is 7.04. The van der Waals surface area contributed by atoms with Gasteiger partial charge in [-0.25, -0.2) is 9.78 Å². The molecule has 72 valence electrons. The van der Waals surface area contributed by atoms with Gasteiger partial charge in [-0.1, -0.05) is 6.58 Å². The van der Waals surface area contributed by atoms with Crippen LogP contribution in [-0.2, 0) is 4.79 Å². The zero-order valence-electron chi connectivity index (χ0n) is 7.04. The number of ether oxygens (including phenoxy) is 1. The summed E-state index contributed by atoms with van der Waals surface area (Å²) in [5, 5.41) is 10.3. The first-order valence-electron chi connectivity index (χ1n) is 3.58. The lowest BCUT2D eigenvalue weighted by molar-refractivity contribution is -0.385. The van der Waals surface area contributed by atoms with Crippen LogP contribution in [0.25, 0.3) is 0 Å². The average molecular weight is 194 g/mol. The third-order valence-corrected chi connectivity index (χ3v) is 1.30. The summed E-state index contributed by atoms with van der Waals surface area (Å²) in [6.07, 6.45) is 2.13. The van der Waals surface area contributed by atoms with Crippen molar-refractivity contribution < 1.29 is 14.5 Å². The summed E-state index contributed by atoms with van der Waals surface area (Å²) >= 11 is 0. The lowest BCUT2D eigenvalue weighted by Gasteiger charge is -1.98. The van der Waals surface area contributed by atoms with E-state index < -0.39 is 10.9 Å². The number of nitro groups is 1. The second kappa shape index (κ2) is 4.13. The van der Waals surface area contributed by atoms with Crippen molar-refractivity contribution in [3.05, 3.63) is 41.1 Å². The van der Waals surface area contributed by atoms with Gasteiger partial charge in [-0.05, 0) is 0 Å². The Morgan fingerprint density at radius 2 is 2.43 bits per heavy atom. The van der Waals surface area contributed by atoms with E-state index in [-0.39, 0.29) is 11.6 Å². The molecule has 0 bridgehead atoms. The molecule has 0 radical (unpaired) electrons. The van der Waals surface area contributed by atoms with Crippen LogP contribution in [0.5, 0.6) is 5.88 Å². The summed E-state index contributed by atoms with van der Waals surface area (Å²) in [6.45, 7) is 3.18. The fraction of sp³-hybridized carbons (Fsp3) is 0. The summed E-state index contributed by atoms with van der Waals surface area (Å²) < 4.78 is 4.58. The summed E-state index contributed by atoms with van der Waals surface area (Å²) in [5.41, 5.74) is -0.188. The van der Waals surface area contributed by atoms with Crippen molar-refractivity contribution in [3.8, 4) is 5.88 Å². The van der Waals surface area contributed by atoms with Gasteiger partial charge in [0.15, 0.2) is 0 Å². The Morgan fingerprint density at radius 3 is 3.00 bits per heavy atom. The van der Waals surface area contributed by atoms with Crippen LogP contribution in [0.15, 0.2) is 31.0 Å². The molecule has 6 heteroatoms. The zero-order chi connectivity index (χ0) is 10.6. The topological polar surface area (TPSA) is 82.3 Å². The number of rotatable bonds is 3. The van der Waals surface area contributed by atoms with Crippen LogP contribution >= 0.6 is 0 Å². The molecule has 0 atom stereocenters. The minimum absolute atomic E-state index is 0.121. The number of carbonyl (C=O) groups excluding carboxylic acids is 1. The molecule has 1 rings (SSSR count). The molecule has 6 nitrogen and oxygen atoms in total. The van der Waals surface area contributed by atoms with Gasteiger partial charge < -0.3 is 4.74 Å². The van der Waals surface area contributed by atoms with Gasteiger partial charge in [0.25, 0.3) is 5.69 Å². The second-order valence-electron chi connectivity index (χ2n) is 2.23. The molecule has 0 saturated heterocycles. The Bertz CT molecular complexity index is 389. The van der Waals surface area contributed by atoms with Gasteiger partial charge in [-0.3, -0.25) is 10.1 Å². The molecule has 0 aliphatic carbocycles. The SMILES string of the molecule is C=CC(=O)Oc1cc([N+](=O)[O-])ccn1. The molecule has 0 spiro atoms. The molecule has 1 heterocycles. The number of esters is 1. The first-order valence-corrected chi connectivity index (χ1v) is 3.58. The Hall–Kier alpha value is -2.24. The molecule has 1 aromatic rings. The summed E-state index contributed by atoms with van der Waals surface area (Å²) in [4.78, 5) is 24.0. The second-order valence-corrected chi connectivity index (χ2v) is 2.23. The van der Waals surface area contributed by atoms with Crippen LogP contribution in [0.4, 0.5) is 5.69 Å². The lowest BCUT2D eigenvalue weighted by atomic mass is 10.4. The van der Waals surface area contributed by atoms with Crippen molar-refractivity contribution in [2.75, 3.05) is 0 Å². The van der Waals surface area contributed by atoms with Crippen LogP contribution < -0.4 is 4.74 Å². The fourth-order valence-corrected chi connectivity index (χ4v) is 0.713. The molecule has 0 aliphatic rings. The van der Waals surface area contributed by atoms with Gasteiger partial charge in [0.1, 0.15) is 0 Å². The standard InChI is InChI=1S/C8H6N2O4/c1-2-8(11)14-7-5-6(10(12)13)3-4-9-7/h2-5H,1H2. The molecular weight excluding hydrogens is 188 g/mol. The molecule has 14 heavy (non-hydrogen) atoms. The number of carbonyl (C=O) groups is 1. The fourth-order valence-electron chi connectivity index (χ4n) is 0.713. The van der Waals surface area contributed by atoms with E-state index in [1.165, 1.54) is 12.3 Å². The summed E-state index contributed by atoms with van der Waals surface area (Å²) in [5.74, 6) is -0.831. The summed E-state index contributed by atoms with van der Waals surface area (Å²) in [6, 6.07) is 2.26. The van der Waals surface area contributed by atoms with Gasteiger partial charge in [0.05, 0.1) is 11.0 Å². The average Bonchev–Trinajstić information content (AvgIpc) is 2.18. The number of hydrogen-bond acceptors (Lipinski definition) is 5. The predicted octanol–water partition coefficient (Wildman–Crippen LogP) is 1.08. The van der Waals surface area contributed by atoms with E-state index in [1.54, 1.807) is 0 Å². The number of aromatic nitrogens is 1. The number of nitrogens with zero attached hydrogens (tertiary/aromatic N) is 2. The van der Waals surface area contributed by atoms with Crippen molar-refractivity contribution in [2.45, 2.75) is 0 Å². The molecule has 0 saturated carbocycles. The maximum absolute atomic E-state index is 10.7. The predicted molar refractivity (Wildman–Crippen MR) is 46.7 cm³/mol.